The highest BCUT2D eigenvalue weighted by atomic mass is 35.5. The van der Waals surface area contributed by atoms with Crippen LogP contribution in [0.3, 0.4) is 0 Å². The third-order valence-electron chi connectivity index (χ3n) is 3.21. The van der Waals surface area contributed by atoms with Crippen LogP contribution in [0.25, 0.3) is 0 Å². The van der Waals surface area contributed by atoms with Gasteiger partial charge in [-0.05, 0) is 56.9 Å². The van der Waals surface area contributed by atoms with E-state index in [4.69, 9.17) is 16.3 Å². The Kier molecular flexibility index (Phi) is 8.60. The van der Waals surface area contributed by atoms with E-state index in [1.807, 2.05) is 26.0 Å². The van der Waals surface area contributed by atoms with Crippen LogP contribution in [-0.4, -0.2) is 18.2 Å². The summed E-state index contributed by atoms with van der Waals surface area (Å²) in [6.45, 7) is 6.51. The second-order valence-electron chi connectivity index (χ2n) is 5.35. The van der Waals surface area contributed by atoms with E-state index in [1.54, 1.807) is 6.07 Å². The number of hydrogen-bond donors (Lipinski definition) is 1. The molecule has 0 bridgehead atoms. The van der Waals surface area contributed by atoms with Crippen LogP contribution in [0.15, 0.2) is 23.3 Å². The van der Waals surface area contributed by atoms with Crippen LogP contribution in [0, 0.1) is 6.92 Å². The number of hydrogen-bond acceptors (Lipinski definition) is 3. The molecule has 0 atom stereocenters. The third kappa shape index (κ3) is 7.46. The summed E-state index contributed by atoms with van der Waals surface area (Å²) >= 11 is 5.89. The number of hydrazone groups is 1. The average molecular weight is 325 g/mol. The Labute approximate surface area is 137 Å². The van der Waals surface area contributed by atoms with Crippen LogP contribution in [0.2, 0.25) is 5.02 Å². The Bertz CT molecular complexity index is 515. The van der Waals surface area contributed by atoms with E-state index in [2.05, 4.69) is 17.5 Å². The minimum Gasteiger partial charge on any atom is -0.493 e. The molecule has 0 aliphatic rings. The van der Waals surface area contributed by atoms with Gasteiger partial charge in [-0.2, -0.15) is 5.10 Å². The number of ether oxygens (including phenoxy) is 1. The Hall–Kier alpha value is -1.55. The zero-order valence-corrected chi connectivity index (χ0v) is 14.4. The van der Waals surface area contributed by atoms with Crippen LogP contribution < -0.4 is 10.2 Å². The van der Waals surface area contributed by atoms with Gasteiger partial charge in [0, 0.05) is 17.2 Å². The van der Waals surface area contributed by atoms with E-state index in [0.717, 1.165) is 36.3 Å². The number of nitrogens with zero attached hydrogens (tertiary/aromatic N) is 1. The lowest BCUT2D eigenvalue weighted by Gasteiger charge is -2.09. The lowest BCUT2D eigenvalue weighted by Crippen LogP contribution is -2.19. The van der Waals surface area contributed by atoms with Crippen LogP contribution in [0.1, 0.15) is 51.5 Å². The van der Waals surface area contributed by atoms with Gasteiger partial charge in [-0.15, -0.1) is 0 Å². The second kappa shape index (κ2) is 10.2. The Morgan fingerprint density at radius 2 is 2.09 bits per heavy atom. The Morgan fingerprint density at radius 1 is 1.32 bits per heavy atom. The molecule has 0 aliphatic heterocycles. The van der Waals surface area contributed by atoms with Gasteiger partial charge in [0.2, 0.25) is 5.91 Å². The van der Waals surface area contributed by atoms with Crippen molar-refractivity contribution in [2.75, 3.05) is 6.61 Å². The molecular weight excluding hydrogens is 300 g/mol. The van der Waals surface area contributed by atoms with Crippen molar-refractivity contribution in [2.24, 2.45) is 5.10 Å². The van der Waals surface area contributed by atoms with Crippen molar-refractivity contribution in [3.63, 3.8) is 0 Å². The average Bonchev–Trinajstić information content (AvgIpc) is 2.49. The maximum atomic E-state index is 11.7. The lowest BCUT2D eigenvalue weighted by molar-refractivity contribution is -0.121. The Morgan fingerprint density at radius 3 is 2.77 bits per heavy atom. The van der Waals surface area contributed by atoms with E-state index in [9.17, 15) is 4.79 Å². The van der Waals surface area contributed by atoms with Crippen molar-refractivity contribution in [2.45, 2.75) is 52.9 Å². The number of aryl methyl sites for hydroxylation is 1. The molecule has 0 aromatic heterocycles. The molecule has 4 nitrogen and oxygen atoms in total. The van der Waals surface area contributed by atoms with Gasteiger partial charge < -0.3 is 4.74 Å². The van der Waals surface area contributed by atoms with Crippen molar-refractivity contribution < 1.29 is 9.53 Å². The van der Waals surface area contributed by atoms with Crippen molar-refractivity contribution >= 4 is 23.2 Å². The van der Waals surface area contributed by atoms with Crippen molar-refractivity contribution in [1.82, 2.24) is 5.43 Å². The summed E-state index contributed by atoms with van der Waals surface area (Å²) in [5.41, 5.74) is 4.54. The van der Waals surface area contributed by atoms with Crippen LogP contribution in [0.5, 0.6) is 5.75 Å². The normalized spacial score (nSPS) is 11.4. The predicted octanol–water partition coefficient (Wildman–Crippen LogP) is 4.49. The van der Waals surface area contributed by atoms with Crippen LogP contribution >= 0.6 is 11.6 Å². The van der Waals surface area contributed by atoms with Gasteiger partial charge in [0.05, 0.1) is 6.61 Å². The summed E-state index contributed by atoms with van der Waals surface area (Å²) in [7, 11) is 0. The van der Waals surface area contributed by atoms with E-state index >= 15 is 0 Å². The molecule has 1 rings (SSSR count). The quantitative estimate of drug-likeness (QED) is 0.413. The number of carbonyl (C=O) groups is 1. The maximum absolute atomic E-state index is 11.7. The smallest absolute Gasteiger partial charge is 0.240 e. The van der Waals surface area contributed by atoms with Gasteiger partial charge in [0.15, 0.2) is 0 Å². The molecule has 22 heavy (non-hydrogen) atoms. The summed E-state index contributed by atoms with van der Waals surface area (Å²) < 4.78 is 5.65. The molecule has 0 radical (unpaired) electrons. The second-order valence-corrected chi connectivity index (χ2v) is 5.78. The molecule has 0 saturated heterocycles. The zero-order valence-electron chi connectivity index (χ0n) is 13.6. The van der Waals surface area contributed by atoms with Crippen LogP contribution in [0.4, 0.5) is 0 Å². The number of amides is 1. The standard InChI is InChI=1S/C17H25ClN2O2/c1-4-5-7-14(3)19-20-17(21)8-6-11-22-16-10-9-15(18)12-13(16)2/h9-10,12H,4-8,11H2,1-3H3,(H,20,21)/b19-14+. The number of unbranched alkanes of at least 4 members (excludes halogenated alkanes) is 1. The maximum Gasteiger partial charge on any atom is 0.240 e. The fourth-order valence-corrected chi connectivity index (χ4v) is 2.12. The van der Waals surface area contributed by atoms with Crippen molar-refractivity contribution in [3.05, 3.63) is 28.8 Å². The Balaban J connectivity index is 2.22. The molecule has 0 saturated carbocycles. The molecule has 0 fully saturated rings. The van der Waals surface area contributed by atoms with E-state index in [0.29, 0.717) is 24.5 Å². The largest absolute Gasteiger partial charge is 0.493 e. The summed E-state index contributed by atoms with van der Waals surface area (Å²) in [5.74, 6) is 0.727. The first-order valence-corrected chi connectivity index (χ1v) is 8.11. The van der Waals surface area contributed by atoms with Gasteiger partial charge in [-0.3, -0.25) is 4.79 Å². The predicted molar refractivity (Wildman–Crippen MR) is 91.7 cm³/mol. The van der Waals surface area contributed by atoms with Crippen molar-refractivity contribution in [1.29, 1.82) is 0 Å². The molecule has 0 heterocycles. The molecular formula is C17H25ClN2O2. The molecule has 0 unspecified atom stereocenters. The fraction of sp³-hybridized carbons (Fsp3) is 0.529. The molecule has 0 aliphatic carbocycles. The molecule has 1 amide bonds. The molecule has 1 N–H and O–H groups in total. The van der Waals surface area contributed by atoms with E-state index in [1.165, 1.54) is 0 Å². The van der Waals surface area contributed by atoms with E-state index < -0.39 is 0 Å². The zero-order chi connectivity index (χ0) is 16.4. The summed E-state index contributed by atoms with van der Waals surface area (Å²) in [5, 5.41) is 4.78. The third-order valence-corrected chi connectivity index (χ3v) is 3.44. The van der Waals surface area contributed by atoms with Crippen molar-refractivity contribution in [3.8, 4) is 5.75 Å². The molecule has 5 heteroatoms. The van der Waals surface area contributed by atoms with Gasteiger partial charge in [-0.1, -0.05) is 24.9 Å². The minimum atomic E-state index is -0.0766. The molecule has 122 valence electrons. The lowest BCUT2D eigenvalue weighted by atomic mass is 10.2. The first-order valence-electron chi connectivity index (χ1n) is 7.74. The highest BCUT2D eigenvalue weighted by Gasteiger charge is 2.03. The summed E-state index contributed by atoms with van der Waals surface area (Å²) in [4.78, 5) is 11.7. The molecule has 0 spiro atoms. The fourth-order valence-electron chi connectivity index (χ4n) is 1.89. The number of carbonyl (C=O) groups excluding carboxylic acids is 1. The van der Waals surface area contributed by atoms with Gasteiger partial charge in [-0.25, -0.2) is 5.43 Å². The van der Waals surface area contributed by atoms with Crippen LogP contribution in [-0.2, 0) is 4.79 Å². The number of rotatable bonds is 9. The topological polar surface area (TPSA) is 50.7 Å². The SMILES string of the molecule is CCCC/C(C)=N/NC(=O)CCCOc1ccc(Cl)cc1C. The van der Waals surface area contributed by atoms with E-state index in [-0.39, 0.29) is 5.91 Å². The highest BCUT2D eigenvalue weighted by Crippen LogP contribution is 2.21. The minimum absolute atomic E-state index is 0.0766. The summed E-state index contributed by atoms with van der Waals surface area (Å²) in [6.07, 6.45) is 4.20. The summed E-state index contributed by atoms with van der Waals surface area (Å²) in [6, 6.07) is 5.50. The number of halogens is 1. The van der Waals surface area contributed by atoms with Gasteiger partial charge in [0.25, 0.3) is 0 Å². The van der Waals surface area contributed by atoms with Gasteiger partial charge in [0.1, 0.15) is 5.75 Å². The molecule has 1 aromatic carbocycles. The monoisotopic (exact) mass is 324 g/mol. The first-order chi connectivity index (χ1) is 10.5. The highest BCUT2D eigenvalue weighted by molar-refractivity contribution is 6.30. The van der Waals surface area contributed by atoms with Gasteiger partial charge >= 0.3 is 0 Å². The number of benzene rings is 1. The molecule has 1 aromatic rings. The number of nitrogens with one attached hydrogen (secondary N) is 1. The first kappa shape index (κ1) is 18.5.